The number of imide groups is 1. The van der Waals surface area contributed by atoms with E-state index >= 15 is 0 Å². The Kier molecular flexibility index (Phi) is 6.22. The molecule has 0 atom stereocenters. The van der Waals surface area contributed by atoms with E-state index in [2.05, 4.69) is 17.1 Å². The maximum absolute atomic E-state index is 13.7. The molecule has 4 aromatic heterocycles. The fourth-order valence-corrected chi connectivity index (χ4v) is 7.86. The van der Waals surface area contributed by atoms with Gasteiger partial charge in [-0.15, -0.1) is 0 Å². The van der Waals surface area contributed by atoms with Crippen LogP contribution in [0.15, 0.2) is 116 Å². The molecule has 2 amide bonds. The van der Waals surface area contributed by atoms with E-state index in [1.54, 1.807) is 48.1 Å². The number of hydrogen-bond acceptors (Lipinski definition) is 7. The van der Waals surface area contributed by atoms with Gasteiger partial charge in [-0.25, -0.2) is 9.97 Å². The summed E-state index contributed by atoms with van der Waals surface area (Å²) in [5.41, 5.74) is 7.18. The second kappa shape index (κ2) is 10.5. The van der Waals surface area contributed by atoms with Crippen molar-refractivity contribution in [1.82, 2.24) is 29.5 Å². The molecule has 2 aliphatic rings. The summed E-state index contributed by atoms with van der Waals surface area (Å²) < 4.78 is 1.79. The van der Waals surface area contributed by atoms with E-state index in [4.69, 9.17) is 15.1 Å². The molecule has 5 heterocycles. The Morgan fingerprint density at radius 3 is 2.04 bits per heavy atom. The third kappa shape index (κ3) is 4.36. The summed E-state index contributed by atoms with van der Waals surface area (Å²) in [4.78, 5) is 43.1. The summed E-state index contributed by atoms with van der Waals surface area (Å²) >= 11 is 0. The van der Waals surface area contributed by atoms with Gasteiger partial charge in [0.15, 0.2) is 11.3 Å². The van der Waals surface area contributed by atoms with E-state index < -0.39 is 11.1 Å². The second-order valence-corrected chi connectivity index (χ2v) is 13.3. The van der Waals surface area contributed by atoms with Gasteiger partial charge in [0.05, 0.1) is 33.7 Å². The number of nitrogens with zero attached hydrogens (tertiary/aromatic N) is 6. The third-order valence-corrected chi connectivity index (χ3v) is 9.85. The van der Waals surface area contributed by atoms with Crippen molar-refractivity contribution in [3.05, 3.63) is 138 Å². The van der Waals surface area contributed by atoms with Crippen molar-refractivity contribution < 1.29 is 14.7 Å². The number of carbonyl (C=O) groups excluding carboxylic acids is 2. The first-order valence-electron chi connectivity index (χ1n) is 16.2. The molecule has 0 spiro atoms. The molecule has 0 saturated heterocycles. The molecule has 7 aromatic rings. The molecule has 1 N–H and O–H groups in total. The molecule has 0 radical (unpaired) electrons. The van der Waals surface area contributed by atoms with Crippen molar-refractivity contribution in [1.29, 1.82) is 0 Å². The number of aliphatic hydroxyl groups is 1. The number of pyridine rings is 2. The molecule has 9 nitrogen and oxygen atoms in total. The van der Waals surface area contributed by atoms with Crippen LogP contribution in [-0.4, -0.2) is 52.0 Å². The van der Waals surface area contributed by atoms with E-state index in [0.717, 1.165) is 50.2 Å². The van der Waals surface area contributed by atoms with Crippen molar-refractivity contribution in [3.8, 4) is 33.5 Å². The third-order valence-electron chi connectivity index (χ3n) is 9.85. The molecular weight excluding hydrogens is 612 g/mol. The summed E-state index contributed by atoms with van der Waals surface area (Å²) in [5.74, 6) is -0.672. The van der Waals surface area contributed by atoms with Crippen molar-refractivity contribution >= 4 is 28.5 Å². The molecule has 3 aromatic carbocycles. The standard InChI is InChI=1S/C40H30N6O3/c1-24-20-32-42-21-31-33(26-16-18-41-19-17-26)34(25-8-4-3-5-9-25)35(43-36(31)46(32)44-24)27-12-14-28(15-13-27)40(22-39(2,49)23-40)45-37(47)29-10-6-7-11-30(29)38(45)48/h3-21,49H,22-23H2,1-2H3/t39-,40+. The van der Waals surface area contributed by atoms with Gasteiger partial charge in [-0.3, -0.25) is 19.5 Å². The molecule has 238 valence electrons. The van der Waals surface area contributed by atoms with Crippen LogP contribution in [0.1, 0.15) is 51.7 Å². The Labute approximate surface area is 281 Å². The Morgan fingerprint density at radius 2 is 1.39 bits per heavy atom. The quantitative estimate of drug-likeness (QED) is 0.201. The predicted molar refractivity (Wildman–Crippen MR) is 186 cm³/mol. The summed E-state index contributed by atoms with van der Waals surface area (Å²) in [6.45, 7) is 3.68. The van der Waals surface area contributed by atoms with Crippen LogP contribution in [0.2, 0.25) is 0 Å². The minimum Gasteiger partial charge on any atom is -0.390 e. The first kappa shape index (κ1) is 29.1. The normalized spacial score (nSPS) is 20.2. The number of amides is 2. The van der Waals surface area contributed by atoms with Gasteiger partial charge in [-0.1, -0.05) is 66.7 Å². The van der Waals surface area contributed by atoms with E-state index in [1.807, 2.05) is 73.8 Å². The van der Waals surface area contributed by atoms with Gasteiger partial charge in [-0.05, 0) is 54.8 Å². The lowest BCUT2D eigenvalue weighted by Crippen LogP contribution is -2.63. The van der Waals surface area contributed by atoms with Crippen LogP contribution < -0.4 is 0 Å². The highest BCUT2D eigenvalue weighted by molar-refractivity contribution is 6.22. The largest absolute Gasteiger partial charge is 0.390 e. The van der Waals surface area contributed by atoms with Crippen molar-refractivity contribution in [2.24, 2.45) is 0 Å². The maximum Gasteiger partial charge on any atom is 0.262 e. The van der Waals surface area contributed by atoms with E-state index in [1.165, 1.54) is 4.90 Å². The predicted octanol–water partition coefficient (Wildman–Crippen LogP) is 7.02. The molecule has 1 aliphatic carbocycles. The number of hydrogen-bond donors (Lipinski definition) is 1. The van der Waals surface area contributed by atoms with Crippen LogP contribution in [0, 0.1) is 6.92 Å². The zero-order valence-electron chi connectivity index (χ0n) is 26.8. The molecule has 1 fully saturated rings. The average molecular weight is 643 g/mol. The monoisotopic (exact) mass is 642 g/mol. The Morgan fingerprint density at radius 1 is 0.755 bits per heavy atom. The van der Waals surface area contributed by atoms with Gasteiger partial charge in [0.25, 0.3) is 11.8 Å². The molecule has 0 unspecified atom stereocenters. The van der Waals surface area contributed by atoms with Crippen LogP contribution in [0.4, 0.5) is 0 Å². The van der Waals surface area contributed by atoms with Crippen molar-refractivity contribution in [2.75, 3.05) is 0 Å². The molecule has 9 rings (SSSR count). The molecule has 9 heteroatoms. The molecular formula is C40H30N6O3. The van der Waals surface area contributed by atoms with Gasteiger partial charge >= 0.3 is 0 Å². The summed E-state index contributed by atoms with van der Waals surface area (Å²) in [5, 5.41) is 16.6. The van der Waals surface area contributed by atoms with Crippen LogP contribution in [-0.2, 0) is 5.54 Å². The summed E-state index contributed by atoms with van der Waals surface area (Å²) in [6, 6.07) is 30.9. The van der Waals surface area contributed by atoms with Crippen LogP contribution in [0.5, 0.6) is 0 Å². The van der Waals surface area contributed by atoms with Gasteiger partial charge in [0.2, 0.25) is 0 Å². The summed E-state index contributed by atoms with van der Waals surface area (Å²) in [6.07, 6.45) is 5.90. The zero-order valence-corrected chi connectivity index (χ0v) is 26.8. The summed E-state index contributed by atoms with van der Waals surface area (Å²) in [7, 11) is 0. The molecule has 0 bridgehead atoms. The van der Waals surface area contributed by atoms with E-state index in [-0.39, 0.29) is 24.7 Å². The highest BCUT2D eigenvalue weighted by Gasteiger charge is 2.60. The Hall–Kier alpha value is -6.06. The van der Waals surface area contributed by atoms with E-state index in [0.29, 0.717) is 22.4 Å². The first-order valence-corrected chi connectivity index (χ1v) is 16.2. The Bertz CT molecular complexity index is 2430. The average Bonchev–Trinajstić information content (AvgIpc) is 3.62. The van der Waals surface area contributed by atoms with Crippen molar-refractivity contribution in [2.45, 2.75) is 37.8 Å². The van der Waals surface area contributed by atoms with Crippen molar-refractivity contribution in [3.63, 3.8) is 0 Å². The zero-order chi connectivity index (χ0) is 33.5. The first-order chi connectivity index (χ1) is 23.7. The van der Waals surface area contributed by atoms with Crippen LogP contribution in [0.3, 0.4) is 0 Å². The Balaban J connectivity index is 1.26. The lowest BCUT2D eigenvalue weighted by atomic mass is 9.61. The minimum absolute atomic E-state index is 0.240. The molecule has 1 aliphatic heterocycles. The number of rotatable bonds is 5. The van der Waals surface area contributed by atoms with Crippen LogP contribution >= 0.6 is 0 Å². The molecule has 1 saturated carbocycles. The topological polar surface area (TPSA) is 114 Å². The smallest absolute Gasteiger partial charge is 0.262 e. The van der Waals surface area contributed by atoms with Gasteiger partial charge in [-0.2, -0.15) is 9.61 Å². The number of aromatic nitrogens is 5. The highest BCUT2D eigenvalue weighted by atomic mass is 16.3. The number of carbonyl (C=O) groups is 2. The SMILES string of the molecule is Cc1cc2ncc3c(-c4ccncc4)c(-c4ccccc4)c(-c4ccc([C@]5(N6C(=O)c7ccccc7C6=O)C[C@@](C)(O)C5)cc4)nc3n2n1. The number of fused-ring (bicyclic) bond motifs is 4. The second-order valence-electron chi connectivity index (χ2n) is 13.3. The fourth-order valence-electron chi connectivity index (χ4n) is 7.86. The van der Waals surface area contributed by atoms with Gasteiger partial charge in [0, 0.05) is 59.6 Å². The number of aryl methyl sites for hydroxylation is 1. The van der Waals surface area contributed by atoms with Gasteiger partial charge < -0.3 is 5.11 Å². The minimum atomic E-state index is -1.02. The highest BCUT2D eigenvalue weighted by Crippen LogP contribution is 2.55. The molecule has 49 heavy (non-hydrogen) atoms. The lowest BCUT2D eigenvalue weighted by molar-refractivity contribution is -0.118. The van der Waals surface area contributed by atoms with Gasteiger partial charge in [0.1, 0.15) is 0 Å². The van der Waals surface area contributed by atoms with Crippen LogP contribution in [0.25, 0.3) is 50.2 Å². The van der Waals surface area contributed by atoms with E-state index in [9.17, 15) is 14.7 Å². The fraction of sp³-hybridized carbons (Fsp3) is 0.150. The maximum atomic E-state index is 13.7. The number of benzene rings is 3. The lowest BCUT2D eigenvalue weighted by Gasteiger charge is -2.55.